The van der Waals surface area contributed by atoms with Crippen LogP contribution in [-0.4, -0.2) is 38.1 Å². The minimum atomic E-state index is -2.21. The van der Waals surface area contributed by atoms with E-state index < -0.39 is 6.43 Å². The van der Waals surface area contributed by atoms with Gasteiger partial charge in [0, 0.05) is 5.41 Å². The number of quaternary nitrogens is 1. The summed E-state index contributed by atoms with van der Waals surface area (Å²) in [4.78, 5) is 0. The Bertz CT molecular complexity index is 136. The highest BCUT2D eigenvalue weighted by Crippen LogP contribution is 2.18. The van der Waals surface area contributed by atoms with Gasteiger partial charge in [-0.3, -0.25) is 0 Å². The number of nitrogens with zero attached hydrogens (tertiary/aromatic N) is 1. The fourth-order valence-corrected chi connectivity index (χ4v) is 1.72. The van der Waals surface area contributed by atoms with E-state index in [-0.39, 0.29) is 12.0 Å². The molecule has 0 amide bonds. The van der Waals surface area contributed by atoms with Crippen LogP contribution in [0.25, 0.3) is 0 Å². The molecule has 0 aromatic rings. The van der Waals surface area contributed by atoms with Crippen molar-refractivity contribution in [3.05, 3.63) is 0 Å². The Labute approximate surface area is 74.0 Å². The summed E-state index contributed by atoms with van der Waals surface area (Å²) in [6.45, 7) is 6.92. The van der Waals surface area contributed by atoms with Crippen molar-refractivity contribution in [3.8, 4) is 0 Å². The van der Waals surface area contributed by atoms with Crippen molar-refractivity contribution in [1.82, 2.24) is 0 Å². The van der Waals surface area contributed by atoms with Crippen LogP contribution in [0.2, 0.25) is 0 Å². The Morgan fingerprint density at radius 3 is 1.83 bits per heavy atom. The molecule has 0 atom stereocenters. The lowest BCUT2D eigenvalue weighted by Gasteiger charge is -2.35. The first kappa shape index (κ1) is 11.8. The van der Waals surface area contributed by atoms with Gasteiger partial charge in [-0.25, -0.2) is 8.78 Å². The maximum absolute atomic E-state index is 12.1. The summed E-state index contributed by atoms with van der Waals surface area (Å²) in [5.41, 5.74) is 0.110. The zero-order valence-corrected chi connectivity index (χ0v) is 8.69. The Morgan fingerprint density at radius 1 is 1.17 bits per heavy atom. The van der Waals surface area contributed by atoms with Crippen LogP contribution in [-0.2, 0) is 0 Å². The molecule has 3 heteroatoms. The minimum absolute atomic E-state index is 0.0583. The molecule has 0 saturated heterocycles. The lowest BCUT2D eigenvalue weighted by Crippen LogP contribution is -2.48. The molecular formula is C9H20F2N+. The van der Waals surface area contributed by atoms with Crippen LogP contribution in [0.4, 0.5) is 8.78 Å². The fourth-order valence-electron chi connectivity index (χ4n) is 1.72. The highest BCUT2D eigenvalue weighted by atomic mass is 19.3. The summed E-state index contributed by atoms with van der Waals surface area (Å²) >= 11 is 0. The molecule has 0 aromatic carbocycles. The Morgan fingerprint density at radius 2 is 1.58 bits per heavy atom. The molecule has 0 spiro atoms. The topological polar surface area (TPSA) is 0 Å². The van der Waals surface area contributed by atoms with Crippen LogP contribution in [0.5, 0.6) is 0 Å². The standard InChI is InChI=1S/C9H20F2N/c1-9(2,3)7-12(4,5)6-8(10)11/h8H,6-7H2,1-5H3/q+1. The smallest absolute Gasteiger partial charge is 0.286 e. The maximum atomic E-state index is 12.1. The van der Waals surface area contributed by atoms with Gasteiger partial charge in [0.1, 0.15) is 6.54 Å². The molecule has 0 unspecified atom stereocenters. The van der Waals surface area contributed by atoms with Crippen molar-refractivity contribution < 1.29 is 13.3 Å². The van der Waals surface area contributed by atoms with E-state index >= 15 is 0 Å². The molecule has 0 saturated carbocycles. The largest absolute Gasteiger partial charge is 0.323 e. The number of hydrogen-bond donors (Lipinski definition) is 0. The van der Waals surface area contributed by atoms with Crippen molar-refractivity contribution in [3.63, 3.8) is 0 Å². The lowest BCUT2D eigenvalue weighted by atomic mass is 9.95. The monoisotopic (exact) mass is 180 g/mol. The van der Waals surface area contributed by atoms with Crippen LogP contribution in [0.1, 0.15) is 20.8 Å². The SMILES string of the molecule is CC(C)(C)C[N+](C)(C)CC(F)F. The van der Waals surface area contributed by atoms with Crippen LogP contribution in [0, 0.1) is 5.41 Å². The quantitative estimate of drug-likeness (QED) is 0.585. The van der Waals surface area contributed by atoms with E-state index in [4.69, 9.17) is 0 Å². The number of halogens is 2. The van der Waals surface area contributed by atoms with E-state index in [9.17, 15) is 8.78 Å². The molecule has 74 valence electrons. The summed E-state index contributed by atoms with van der Waals surface area (Å²) < 4.78 is 24.6. The molecule has 0 aliphatic rings. The van der Waals surface area contributed by atoms with E-state index in [1.807, 2.05) is 14.1 Å². The number of alkyl halides is 2. The molecule has 0 rings (SSSR count). The van der Waals surface area contributed by atoms with Crippen molar-refractivity contribution >= 4 is 0 Å². The second kappa shape index (κ2) is 3.69. The van der Waals surface area contributed by atoms with Gasteiger partial charge in [0.2, 0.25) is 0 Å². The third kappa shape index (κ3) is 6.53. The molecule has 0 radical (unpaired) electrons. The second-order valence-electron chi connectivity index (χ2n) is 5.23. The molecular weight excluding hydrogens is 160 g/mol. The van der Waals surface area contributed by atoms with Gasteiger partial charge >= 0.3 is 0 Å². The van der Waals surface area contributed by atoms with Gasteiger partial charge in [-0.2, -0.15) is 0 Å². The number of hydrogen-bond acceptors (Lipinski definition) is 0. The summed E-state index contributed by atoms with van der Waals surface area (Å²) in [5.74, 6) is 0. The fraction of sp³-hybridized carbons (Fsp3) is 1.00. The number of rotatable bonds is 3. The van der Waals surface area contributed by atoms with E-state index in [0.717, 1.165) is 6.54 Å². The summed E-state index contributed by atoms with van der Waals surface area (Å²) in [5, 5.41) is 0. The van der Waals surface area contributed by atoms with Gasteiger partial charge in [-0.1, -0.05) is 20.8 Å². The van der Waals surface area contributed by atoms with Gasteiger partial charge in [0.25, 0.3) is 6.43 Å². The van der Waals surface area contributed by atoms with Gasteiger partial charge in [-0.05, 0) is 0 Å². The van der Waals surface area contributed by atoms with Gasteiger partial charge in [0.05, 0.1) is 20.6 Å². The zero-order chi connectivity index (χ0) is 9.99. The first-order chi connectivity index (χ1) is 5.12. The highest BCUT2D eigenvalue weighted by molar-refractivity contribution is 4.59. The van der Waals surface area contributed by atoms with Crippen LogP contribution in [0.3, 0.4) is 0 Å². The predicted molar refractivity (Wildman–Crippen MR) is 47.3 cm³/mol. The Balaban J connectivity index is 4.04. The first-order valence-electron chi connectivity index (χ1n) is 4.23. The normalized spacial score (nSPS) is 14.0. The van der Waals surface area contributed by atoms with E-state index in [0.29, 0.717) is 4.48 Å². The Kier molecular flexibility index (Phi) is 3.63. The summed E-state index contributed by atoms with van der Waals surface area (Å²) in [6.07, 6.45) is -2.21. The first-order valence-corrected chi connectivity index (χ1v) is 4.23. The summed E-state index contributed by atoms with van der Waals surface area (Å²) in [6, 6.07) is 0. The Hall–Kier alpha value is -0.180. The minimum Gasteiger partial charge on any atom is -0.323 e. The maximum Gasteiger partial charge on any atom is 0.286 e. The van der Waals surface area contributed by atoms with Gasteiger partial charge < -0.3 is 4.48 Å². The van der Waals surface area contributed by atoms with Crippen LogP contribution >= 0.6 is 0 Å². The van der Waals surface area contributed by atoms with Crippen LogP contribution in [0.15, 0.2) is 0 Å². The molecule has 0 fully saturated rings. The van der Waals surface area contributed by atoms with Gasteiger partial charge in [-0.15, -0.1) is 0 Å². The van der Waals surface area contributed by atoms with Crippen molar-refractivity contribution in [1.29, 1.82) is 0 Å². The van der Waals surface area contributed by atoms with E-state index in [2.05, 4.69) is 20.8 Å². The molecule has 0 aliphatic heterocycles. The molecule has 0 heterocycles. The molecule has 0 N–H and O–H groups in total. The summed E-state index contributed by atoms with van der Waals surface area (Å²) in [7, 11) is 3.69. The van der Waals surface area contributed by atoms with E-state index in [1.54, 1.807) is 0 Å². The molecule has 0 aromatic heterocycles. The second-order valence-corrected chi connectivity index (χ2v) is 5.23. The predicted octanol–water partition coefficient (Wildman–Crippen LogP) is 2.37. The third-order valence-corrected chi connectivity index (χ3v) is 1.53. The van der Waals surface area contributed by atoms with E-state index in [1.165, 1.54) is 0 Å². The molecule has 1 nitrogen and oxygen atoms in total. The van der Waals surface area contributed by atoms with Crippen molar-refractivity contribution in [2.45, 2.75) is 27.2 Å². The van der Waals surface area contributed by atoms with Gasteiger partial charge in [0.15, 0.2) is 0 Å². The molecule has 12 heavy (non-hydrogen) atoms. The van der Waals surface area contributed by atoms with Crippen LogP contribution < -0.4 is 0 Å². The molecule has 0 aliphatic carbocycles. The zero-order valence-electron chi connectivity index (χ0n) is 8.69. The average Bonchev–Trinajstić information content (AvgIpc) is 1.48. The molecule has 0 bridgehead atoms. The lowest BCUT2D eigenvalue weighted by molar-refractivity contribution is -0.900. The van der Waals surface area contributed by atoms with Crippen molar-refractivity contribution in [2.75, 3.05) is 27.2 Å². The third-order valence-electron chi connectivity index (χ3n) is 1.53. The average molecular weight is 180 g/mol. The van der Waals surface area contributed by atoms with Crippen molar-refractivity contribution in [2.24, 2.45) is 5.41 Å². The highest BCUT2D eigenvalue weighted by Gasteiger charge is 2.27.